The number of halogens is 3. The third kappa shape index (κ3) is 5.69. The zero-order chi connectivity index (χ0) is 16.8. The van der Waals surface area contributed by atoms with E-state index in [4.69, 9.17) is 27.9 Å². The topological polar surface area (TPSA) is 12.5 Å². The highest BCUT2D eigenvalue weighted by molar-refractivity contribution is 6.31. The Balaban J connectivity index is 2.06. The summed E-state index contributed by atoms with van der Waals surface area (Å²) in [6.07, 6.45) is 1.90. The summed E-state index contributed by atoms with van der Waals surface area (Å²) >= 11 is 12.1. The Morgan fingerprint density at radius 3 is 2.52 bits per heavy atom. The highest BCUT2D eigenvalue weighted by Gasteiger charge is 2.08. The van der Waals surface area contributed by atoms with Gasteiger partial charge in [-0.15, -0.1) is 0 Å². The molecule has 0 bridgehead atoms. The van der Waals surface area contributed by atoms with Crippen molar-refractivity contribution in [2.24, 2.45) is 0 Å². The van der Waals surface area contributed by atoms with E-state index in [2.05, 4.69) is 4.90 Å². The molecular formula is C18H20Cl2FNO. The molecule has 2 rings (SSSR count). The number of aryl methyl sites for hydroxylation is 1. The second-order valence-electron chi connectivity index (χ2n) is 5.68. The van der Waals surface area contributed by atoms with Gasteiger partial charge in [0, 0.05) is 10.6 Å². The first-order chi connectivity index (χ1) is 11.0. The molecule has 0 aliphatic heterocycles. The first-order valence-electron chi connectivity index (χ1n) is 7.45. The normalized spacial score (nSPS) is 11.0. The van der Waals surface area contributed by atoms with Crippen molar-refractivity contribution in [2.45, 2.75) is 19.4 Å². The SMILES string of the molecule is CN(C)CCCc1cc(Cl)ccc1OCc1ccc(F)cc1Cl. The standard InChI is InChI=1S/C18H20Cl2FNO/c1-22(2)9-3-4-13-10-15(19)6-8-18(13)23-12-14-5-7-16(21)11-17(14)20/h5-8,10-11H,3-4,9,12H2,1-2H3. The van der Waals surface area contributed by atoms with E-state index in [1.165, 1.54) is 12.1 Å². The summed E-state index contributed by atoms with van der Waals surface area (Å²) in [6, 6.07) is 9.91. The van der Waals surface area contributed by atoms with Crippen molar-refractivity contribution in [2.75, 3.05) is 20.6 Å². The van der Waals surface area contributed by atoms with Crippen LogP contribution in [0.2, 0.25) is 10.0 Å². The van der Waals surface area contributed by atoms with Crippen molar-refractivity contribution in [3.05, 3.63) is 63.4 Å². The van der Waals surface area contributed by atoms with Crippen LogP contribution in [0.4, 0.5) is 4.39 Å². The minimum Gasteiger partial charge on any atom is -0.489 e. The monoisotopic (exact) mass is 355 g/mol. The summed E-state index contributed by atoms with van der Waals surface area (Å²) in [4.78, 5) is 2.14. The maximum absolute atomic E-state index is 13.1. The molecule has 0 spiro atoms. The number of benzene rings is 2. The van der Waals surface area contributed by atoms with Gasteiger partial charge in [-0.1, -0.05) is 29.3 Å². The Labute approximate surface area is 146 Å². The van der Waals surface area contributed by atoms with Crippen LogP contribution < -0.4 is 4.74 Å². The molecule has 5 heteroatoms. The first-order valence-corrected chi connectivity index (χ1v) is 8.21. The number of ether oxygens (including phenoxy) is 1. The number of hydrogen-bond acceptors (Lipinski definition) is 2. The summed E-state index contributed by atoms with van der Waals surface area (Å²) in [7, 11) is 4.10. The highest BCUT2D eigenvalue weighted by atomic mass is 35.5. The van der Waals surface area contributed by atoms with Crippen molar-refractivity contribution in [1.82, 2.24) is 4.90 Å². The lowest BCUT2D eigenvalue weighted by Crippen LogP contribution is -2.13. The predicted octanol–water partition coefficient (Wildman–Crippen LogP) is 5.21. The Morgan fingerprint density at radius 1 is 1.04 bits per heavy atom. The van der Waals surface area contributed by atoms with Gasteiger partial charge in [-0.05, 0) is 69.4 Å². The molecule has 0 aromatic heterocycles. The molecule has 0 aliphatic rings. The highest BCUT2D eigenvalue weighted by Crippen LogP contribution is 2.26. The van der Waals surface area contributed by atoms with Crippen molar-refractivity contribution >= 4 is 23.2 Å². The summed E-state index contributed by atoms with van der Waals surface area (Å²) in [5.41, 5.74) is 1.82. The molecule has 0 radical (unpaired) electrons. The van der Waals surface area contributed by atoms with Crippen molar-refractivity contribution in [1.29, 1.82) is 0 Å². The lowest BCUT2D eigenvalue weighted by atomic mass is 10.1. The molecule has 0 saturated carbocycles. The quantitative estimate of drug-likeness (QED) is 0.676. The van der Waals surface area contributed by atoms with E-state index >= 15 is 0 Å². The molecule has 0 fully saturated rings. The average Bonchev–Trinajstić information content (AvgIpc) is 2.47. The van der Waals surface area contributed by atoms with Gasteiger partial charge in [0.1, 0.15) is 18.2 Å². The Hall–Kier alpha value is -1.29. The third-order valence-electron chi connectivity index (χ3n) is 3.47. The minimum atomic E-state index is -0.352. The molecule has 23 heavy (non-hydrogen) atoms. The van der Waals surface area contributed by atoms with Crippen LogP contribution in [0.5, 0.6) is 5.75 Å². The molecule has 0 saturated heterocycles. The molecule has 0 amide bonds. The van der Waals surface area contributed by atoms with Crippen LogP contribution in [0.1, 0.15) is 17.5 Å². The van der Waals surface area contributed by atoms with Gasteiger partial charge in [-0.25, -0.2) is 4.39 Å². The van der Waals surface area contributed by atoms with E-state index in [-0.39, 0.29) is 5.82 Å². The van der Waals surface area contributed by atoms with Crippen LogP contribution in [0.3, 0.4) is 0 Å². The molecule has 0 aliphatic carbocycles. The van der Waals surface area contributed by atoms with Crippen LogP contribution in [0.25, 0.3) is 0 Å². The fourth-order valence-corrected chi connectivity index (χ4v) is 2.68. The van der Waals surface area contributed by atoms with Crippen LogP contribution in [0, 0.1) is 5.82 Å². The molecule has 124 valence electrons. The first kappa shape index (κ1) is 18.1. The van der Waals surface area contributed by atoms with Crippen molar-refractivity contribution < 1.29 is 9.13 Å². The maximum Gasteiger partial charge on any atom is 0.124 e. The zero-order valence-corrected chi connectivity index (χ0v) is 14.8. The summed E-state index contributed by atoms with van der Waals surface area (Å²) in [6.45, 7) is 1.29. The van der Waals surface area contributed by atoms with E-state index in [9.17, 15) is 4.39 Å². The lowest BCUT2D eigenvalue weighted by molar-refractivity contribution is 0.302. The molecule has 0 heterocycles. The van der Waals surface area contributed by atoms with E-state index in [0.717, 1.165) is 36.3 Å². The fourth-order valence-electron chi connectivity index (χ4n) is 2.26. The summed E-state index contributed by atoms with van der Waals surface area (Å²) in [5, 5.41) is 1.06. The van der Waals surface area contributed by atoms with E-state index < -0.39 is 0 Å². The van der Waals surface area contributed by atoms with Crippen molar-refractivity contribution in [3.63, 3.8) is 0 Å². The minimum absolute atomic E-state index is 0.293. The van der Waals surface area contributed by atoms with Gasteiger partial charge in [0.15, 0.2) is 0 Å². The van der Waals surface area contributed by atoms with Gasteiger partial charge < -0.3 is 9.64 Å². The van der Waals surface area contributed by atoms with Crippen LogP contribution in [-0.4, -0.2) is 25.5 Å². The van der Waals surface area contributed by atoms with Crippen LogP contribution in [-0.2, 0) is 13.0 Å². The second kappa shape index (κ2) is 8.53. The lowest BCUT2D eigenvalue weighted by Gasteiger charge is -2.14. The second-order valence-corrected chi connectivity index (χ2v) is 6.53. The summed E-state index contributed by atoms with van der Waals surface area (Å²) in [5.74, 6) is 0.433. The third-order valence-corrected chi connectivity index (χ3v) is 4.06. The Morgan fingerprint density at radius 2 is 1.83 bits per heavy atom. The smallest absolute Gasteiger partial charge is 0.124 e. The number of nitrogens with zero attached hydrogens (tertiary/aromatic N) is 1. The zero-order valence-electron chi connectivity index (χ0n) is 13.3. The predicted molar refractivity (Wildman–Crippen MR) is 94.1 cm³/mol. The number of hydrogen-bond donors (Lipinski definition) is 0. The largest absolute Gasteiger partial charge is 0.489 e. The molecular weight excluding hydrogens is 336 g/mol. The molecule has 2 aromatic rings. The molecule has 0 atom stereocenters. The van der Waals surface area contributed by atoms with Gasteiger partial charge >= 0.3 is 0 Å². The Kier molecular flexibility index (Phi) is 6.70. The van der Waals surface area contributed by atoms with E-state index in [1.54, 1.807) is 12.1 Å². The molecule has 2 aromatic carbocycles. The van der Waals surface area contributed by atoms with E-state index in [0.29, 0.717) is 16.7 Å². The Bertz CT molecular complexity index is 661. The summed E-state index contributed by atoms with van der Waals surface area (Å²) < 4.78 is 19.0. The molecule has 0 N–H and O–H groups in total. The van der Waals surface area contributed by atoms with E-state index in [1.807, 2.05) is 26.2 Å². The van der Waals surface area contributed by atoms with Gasteiger partial charge in [-0.2, -0.15) is 0 Å². The fraction of sp³-hybridized carbons (Fsp3) is 0.333. The van der Waals surface area contributed by atoms with Gasteiger partial charge in [-0.3, -0.25) is 0 Å². The maximum atomic E-state index is 13.1. The average molecular weight is 356 g/mol. The molecule has 2 nitrogen and oxygen atoms in total. The van der Waals surface area contributed by atoms with Crippen LogP contribution >= 0.6 is 23.2 Å². The number of rotatable bonds is 7. The van der Waals surface area contributed by atoms with Crippen LogP contribution in [0.15, 0.2) is 36.4 Å². The van der Waals surface area contributed by atoms with Gasteiger partial charge in [0.25, 0.3) is 0 Å². The van der Waals surface area contributed by atoms with Gasteiger partial charge in [0.05, 0.1) is 5.02 Å². The molecule has 0 unspecified atom stereocenters. The van der Waals surface area contributed by atoms with Crippen molar-refractivity contribution in [3.8, 4) is 5.75 Å². The van der Waals surface area contributed by atoms with Gasteiger partial charge in [0.2, 0.25) is 0 Å².